The van der Waals surface area contributed by atoms with Crippen molar-refractivity contribution in [3.8, 4) is 5.75 Å². The predicted molar refractivity (Wildman–Crippen MR) is 90.9 cm³/mol. The number of carbonyl (C=O) groups is 2. The molecule has 0 aromatic heterocycles. The van der Waals surface area contributed by atoms with E-state index in [1.54, 1.807) is 6.07 Å². The zero-order valence-electron chi connectivity index (χ0n) is 14.1. The van der Waals surface area contributed by atoms with Gasteiger partial charge in [0.15, 0.2) is 6.61 Å². The van der Waals surface area contributed by atoms with Gasteiger partial charge in [0.1, 0.15) is 11.6 Å². The number of aliphatic carboxylic acids is 1. The average molecular weight is 345 g/mol. The highest BCUT2D eigenvalue weighted by Crippen LogP contribution is 2.18. The van der Waals surface area contributed by atoms with Gasteiger partial charge in [-0.2, -0.15) is 0 Å². The maximum Gasteiger partial charge on any atom is 0.305 e. The molecule has 5 nitrogen and oxygen atoms in total. The van der Waals surface area contributed by atoms with E-state index in [9.17, 15) is 14.0 Å². The lowest BCUT2D eigenvalue weighted by Gasteiger charge is -2.18. The summed E-state index contributed by atoms with van der Waals surface area (Å²) < 4.78 is 18.5. The molecule has 0 fully saturated rings. The molecule has 0 spiro atoms. The Hall–Kier alpha value is -2.89. The highest BCUT2D eigenvalue weighted by Gasteiger charge is 2.18. The summed E-state index contributed by atoms with van der Waals surface area (Å²) in [5.41, 5.74) is 2.69. The first-order valence-electron chi connectivity index (χ1n) is 7.82. The number of ether oxygens (including phenoxy) is 1. The number of aryl methyl sites for hydroxylation is 2. The Bertz CT molecular complexity index is 759. The van der Waals surface area contributed by atoms with Crippen LogP contribution in [-0.4, -0.2) is 23.6 Å². The third-order valence-electron chi connectivity index (χ3n) is 3.83. The van der Waals surface area contributed by atoms with Crippen LogP contribution in [0.4, 0.5) is 4.39 Å². The summed E-state index contributed by atoms with van der Waals surface area (Å²) in [6.07, 6.45) is -0.305. The molecule has 2 aromatic rings. The number of hydrogen-bond acceptors (Lipinski definition) is 3. The predicted octanol–water partition coefficient (Wildman–Crippen LogP) is 3.15. The number of rotatable bonds is 7. The van der Waals surface area contributed by atoms with Crippen LogP contribution < -0.4 is 10.1 Å². The van der Waals surface area contributed by atoms with Crippen LogP contribution in [-0.2, 0) is 9.59 Å². The van der Waals surface area contributed by atoms with Crippen molar-refractivity contribution in [1.82, 2.24) is 5.32 Å². The SMILES string of the molecule is Cc1ccc(OCC(=O)NC(CC(=O)O)c2ccc(F)cc2)cc1C. The van der Waals surface area contributed by atoms with Crippen molar-refractivity contribution in [2.24, 2.45) is 0 Å². The minimum Gasteiger partial charge on any atom is -0.484 e. The molecule has 0 saturated carbocycles. The van der Waals surface area contributed by atoms with Crippen molar-refractivity contribution < 1.29 is 23.8 Å². The van der Waals surface area contributed by atoms with Crippen LogP contribution in [0, 0.1) is 19.7 Å². The summed E-state index contributed by atoms with van der Waals surface area (Å²) in [5, 5.41) is 11.6. The number of benzene rings is 2. The summed E-state index contributed by atoms with van der Waals surface area (Å²) >= 11 is 0. The molecule has 0 heterocycles. The molecule has 0 bridgehead atoms. The van der Waals surface area contributed by atoms with E-state index in [-0.39, 0.29) is 13.0 Å². The summed E-state index contributed by atoms with van der Waals surface area (Å²) in [7, 11) is 0. The van der Waals surface area contributed by atoms with E-state index in [1.165, 1.54) is 24.3 Å². The highest BCUT2D eigenvalue weighted by molar-refractivity contribution is 5.79. The molecule has 0 saturated heterocycles. The standard InChI is InChI=1S/C19H20FNO4/c1-12-3-8-16(9-13(12)2)25-11-18(22)21-17(10-19(23)24)14-4-6-15(20)7-5-14/h3-9,17H,10-11H2,1-2H3,(H,21,22)(H,23,24). The second-order valence-corrected chi connectivity index (χ2v) is 5.80. The summed E-state index contributed by atoms with van der Waals surface area (Å²) in [4.78, 5) is 23.1. The number of nitrogens with one attached hydrogen (secondary N) is 1. The molecular weight excluding hydrogens is 325 g/mol. The van der Waals surface area contributed by atoms with Gasteiger partial charge in [0.25, 0.3) is 5.91 Å². The van der Waals surface area contributed by atoms with Gasteiger partial charge >= 0.3 is 5.97 Å². The quantitative estimate of drug-likeness (QED) is 0.808. The van der Waals surface area contributed by atoms with E-state index >= 15 is 0 Å². The second-order valence-electron chi connectivity index (χ2n) is 5.80. The van der Waals surface area contributed by atoms with Crippen molar-refractivity contribution in [2.45, 2.75) is 26.3 Å². The number of carboxylic acids is 1. The summed E-state index contributed by atoms with van der Waals surface area (Å²) in [6.45, 7) is 3.69. The number of carboxylic acid groups (broad SMARTS) is 1. The van der Waals surface area contributed by atoms with Gasteiger partial charge in [-0.15, -0.1) is 0 Å². The molecule has 1 amide bonds. The molecule has 25 heavy (non-hydrogen) atoms. The number of carbonyl (C=O) groups excluding carboxylic acids is 1. The van der Waals surface area contributed by atoms with E-state index in [0.29, 0.717) is 11.3 Å². The van der Waals surface area contributed by atoms with Gasteiger partial charge in [0.2, 0.25) is 0 Å². The Labute approximate surface area is 145 Å². The lowest BCUT2D eigenvalue weighted by molar-refractivity contribution is -0.137. The largest absolute Gasteiger partial charge is 0.484 e. The lowest BCUT2D eigenvalue weighted by atomic mass is 10.0. The molecule has 0 aliphatic heterocycles. The zero-order chi connectivity index (χ0) is 18.4. The van der Waals surface area contributed by atoms with Crippen molar-refractivity contribution in [3.05, 3.63) is 65.0 Å². The molecular formula is C19H20FNO4. The maximum atomic E-state index is 13.0. The van der Waals surface area contributed by atoms with Crippen LogP contribution >= 0.6 is 0 Å². The van der Waals surface area contributed by atoms with Gasteiger partial charge in [-0.25, -0.2) is 4.39 Å². The topological polar surface area (TPSA) is 75.6 Å². The fourth-order valence-electron chi connectivity index (χ4n) is 2.31. The third-order valence-corrected chi connectivity index (χ3v) is 3.83. The van der Waals surface area contributed by atoms with Crippen molar-refractivity contribution in [2.75, 3.05) is 6.61 Å². The molecule has 2 aromatic carbocycles. The van der Waals surface area contributed by atoms with Gasteiger partial charge in [0.05, 0.1) is 12.5 Å². The van der Waals surface area contributed by atoms with Gasteiger partial charge in [-0.1, -0.05) is 18.2 Å². The number of halogens is 1. The Morgan fingerprint density at radius 1 is 1.12 bits per heavy atom. The Morgan fingerprint density at radius 2 is 1.80 bits per heavy atom. The minimum absolute atomic E-state index is 0.236. The van der Waals surface area contributed by atoms with Crippen molar-refractivity contribution >= 4 is 11.9 Å². The minimum atomic E-state index is -1.07. The van der Waals surface area contributed by atoms with E-state index in [4.69, 9.17) is 9.84 Å². The maximum absolute atomic E-state index is 13.0. The normalized spacial score (nSPS) is 11.6. The summed E-state index contributed by atoms with van der Waals surface area (Å²) in [6, 6.07) is 10.1. The molecule has 132 valence electrons. The van der Waals surface area contributed by atoms with Gasteiger partial charge < -0.3 is 15.2 Å². The van der Waals surface area contributed by atoms with Crippen LogP contribution in [0.15, 0.2) is 42.5 Å². The zero-order valence-corrected chi connectivity index (χ0v) is 14.1. The fourth-order valence-corrected chi connectivity index (χ4v) is 2.31. The van der Waals surface area contributed by atoms with Crippen molar-refractivity contribution in [3.63, 3.8) is 0 Å². The van der Waals surface area contributed by atoms with E-state index in [0.717, 1.165) is 11.1 Å². The molecule has 0 aliphatic carbocycles. The van der Waals surface area contributed by atoms with Crippen LogP contribution in [0.1, 0.15) is 29.2 Å². The van der Waals surface area contributed by atoms with Crippen LogP contribution in [0.3, 0.4) is 0 Å². The molecule has 0 radical (unpaired) electrons. The molecule has 1 atom stereocenters. The second kappa shape index (κ2) is 8.28. The fraction of sp³-hybridized carbons (Fsp3) is 0.263. The Balaban J connectivity index is 1.99. The van der Waals surface area contributed by atoms with E-state index in [2.05, 4.69) is 5.32 Å². The first-order chi connectivity index (χ1) is 11.8. The van der Waals surface area contributed by atoms with Crippen LogP contribution in [0.25, 0.3) is 0 Å². The van der Waals surface area contributed by atoms with E-state index < -0.39 is 23.7 Å². The van der Waals surface area contributed by atoms with Crippen molar-refractivity contribution in [1.29, 1.82) is 0 Å². The van der Waals surface area contributed by atoms with Crippen LogP contribution in [0.2, 0.25) is 0 Å². The number of amides is 1. The Kier molecular flexibility index (Phi) is 6.11. The van der Waals surface area contributed by atoms with E-state index in [1.807, 2.05) is 26.0 Å². The van der Waals surface area contributed by atoms with Crippen LogP contribution in [0.5, 0.6) is 5.75 Å². The smallest absolute Gasteiger partial charge is 0.305 e. The molecule has 1 unspecified atom stereocenters. The molecule has 2 N–H and O–H groups in total. The molecule has 0 aliphatic rings. The number of hydrogen-bond donors (Lipinski definition) is 2. The van der Waals surface area contributed by atoms with Gasteiger partial charge in [0, 0.05) is 0 Å². The van der Waals surface area contributed by atoms with Gasteiger partial charge in [-0.3, -0.25) is 9.59 Å². The first-order valence-corrected chi connectivity index (χ1v) is 7.82. The summed E-state index contributed by atoms with van der Waals surface area (Å²) in [5.74, 6) is -1.38. The monoisotopic (exact) mass is 345 g/mol. The average Bonchev–Trinajstić information content (AvgIpc) is 2.55. The third kappa shape index (κ3) is 5.60. The van der Waals surface area contributed by atoms with Gasteiger partial charge in [-0.05, 0) is 54.8 Å². The first kappa shape index (κ1) is 18.4. The molecule has 2 rings (SSSR count). The Morgan fingerprint density at radius 3 is 2.40 bits per heavy atom. The highest BCUT2D eigenvalue weighted by atomic mass is 19.1. The lowest BCUT2D eigenvalue weighted by Crippen LogP contribution is -2.33. The molecule has 6 heteroatoms.